The second kappa shape index (κ2) is 14.8. The summed E-state index contributed by atoms with van der Waals surface area (Å²) >= 11 is 7.84. The molecule has 4 aromatic rings. The maximum absolute atomic E-state index is 13.8. The van der Waals surface area contributed by atoms with E-state index in [0.29, 0.717) is 35.5 Å². The van der Waals surface area contributed by atoms with Crippen molar-refractivity contribution in [3.63, 3.8) is 0 Å². The summed E-state index contributed by atoms with van der Waals surface area (Å²) < 4.78 is 7.74. The molecule has 2 aromatic heterocycles. The number of nitrogens with zero attached hydrogens (tertiary/aromatic N) is 7. The van der Waals surface area contributed by atoms with Gasteiger partial charge in [-0.05, 0) is 57.0 Å². The third-order valence-electron chi connectivity index (χ3n) is 10.6. The molecule has 0 radical (unpaired) electrons. The predicted molar refractivity (Wildman–Crippen MR) is 207 cm³/mol. The minimum Gasteiger partial charge on any atom is -0.483 e. The molecule has 4 aliphatic heterocycles. The van der Waals surface area contributed by atoms with Crippen LogP contribution in [-0.4, -0.2) is 110 Å². The largest absolute Gasteiger partial charge is 0.483 e. The number of carbonyl (C=O) groups is 6. The van der Waals surface area contributed by atoms with Crippen LogP contribution in [0.1, 0.15) is 72.8 Å². The number of thiophene rings is 1. The third-order valence-corrected chi connectivity index (χ3v) is 12.0. The molecule has 2 aromatic carbocycles. The minimum atomic E-state index is -1.13. The van der Waals surface area contributed by atoms with E-state index in [1.807, 2.05) is 30.5 Å². The van der Waals surface area contributed by atoms with Crippen molar-refractivity contribution in [3.05, 3.63) is 104 Å². The Kier molecular flexibility index (Phi) is 9.83. The number of nitrogens with one attached hydrogen (secondary N) is 2. The number of imide groups is 2. The third kappa shape index (κ3) is 6.70. The van der Waals surface area contributed by atoms with Gasteiger partial charge >= 0.3 is 0 Å². The molecule has 292 valence electrons. The first kappa shape index (κ1) is 37.9. The van der Waals surface area contributed by atoms with Crippen LogP contribution >= 0.6 is 22.9 Å². The number of piperidine rings is 1. The Morgan fingerprint density at radius 3 is 2.44 bits per heavy atom. The summed E-state index contributed by atoms with van der Waals surface area (Å²) in [4.78, 5) is 86.5. The number of aliphatic imine (C=N–C) groups is 1. The van der Waals surface area contributed by atoms with E-state index in [9.17, 15) is 28.8 Å². The van der Waals surface area contributed by atoms with Crippen molar-refractivity contribution in [2.75, 3.05) is 32.8 Å². The van der Waals surface area contributed by atoms with Crippen LogP contribution in [0.2, 0.25) is 5.02 Å². The van der Waals surface area contributed by atoms with Gasteiger partial charge in [-0.2, -0.15) is 0 Å². The predicted octanol–water partition coefficient (Wildman–Crippen LogP) is 3.01. The number of aryl methyl sites for hydroxylation is 2. The van der Waals surface area contributed by atoms with Gasteiger partial charge in [0.25, 0.3) is 23.6 Å². The minimum absolute atomic E-state index is 0.00585. The van der Waals surface area contributed by atoms with E-state index in [1.165, 1.54) is 18.2 Å². The zero-order valence-electron chi connectivity index (χ0n) is 31.1. The number of piperazine rings is 1. The van der Waals surface area contributed by atoms with Crippen LogP contribution in [0.5, 0.6) is 5.75 Å². The molecule has 0 spiro atoms. The molecule has 0 saturated carbocycles. The molecule has 6 heterocycles. The molecule has 8 rings (SSSR count). The van der Waals surface area contributed by atoms with Crippen molar-refractivity contribution in [2.45, 2.75) is 45.7 Å². The normalized spacial score (nSPS) is 19.3. The van der Waals surface area contributed by atoms with Crippen molar-refractivity contribution in [3.8, 4) is 10.8 Å². The van der Waals surface area contributed by atoms with Gasteiger partial charge in [0.1, 0.15) is 28.7 Å². The summed E-state index contributed by atoms with van der Waals surface area (Å²) in [6.45, 7) is 10.8. The topological polar surface area (TPSA) is 188 Å². The second-order valence-electron chi connectivity index (χ2n) is 14.0. The van der Waals surface area contributed by atoms with Crippen molar-refractivity contribution in [1.82, 2.24) is 40.3 Å². The average Bonchev–Trinajstić information content (AvgIpc) is 3.76. The van der Waals surface area contributed by atoms with Crippen LogP contribution in [0.25, 0.3) is 5.00 Å². The molecule has 2 fully saturated rings. The second-order valence-corrected chi connectivity index (χ2v) is 15.7. The highest BCUT2D eigenvalue weighted by Gasteiger charge is 2.46. The Morgan fingerprint density at radius 1 is 0.982 bits per heavy atom. The van der Waals surface area contributed by atoms with Crippen molar-refractivity contribution < 1.29 is 33.5 Å². The zero-order valence-corrected chi connectivity index (χ0v) is 32.7. The number of benzene rings is 2. The van der Waals surface area contributed by atoms with E-state index in [-0.39, 0.29) is 54.3 Å². The van der Waals surface area contributed by atoms with Crippen molar-refractivity contribution >= 4 is 64.1 Å². The van der Waals surface area contributed by atoms with Crippen LogP contribution < -0.4 is 15.5 Å². The quantitative estimate of drug-likeness (QED) is 0.198. The van der Waals surface area contributed by atoms with E-state index in [0.717, 1.165) is 31.5 Å². The molecule has 0 bridgehead atoms. The average molecular weight is 810 g/mol. The molecular weight excluding hydrogens is 774 g/mol. The summed E-state index contributed by atoms with van der Waals surface area (Å²) in [6, 6.07) is 9.85. The number of aromatic nitrogens is 3. The van der Waals surface area contributed by atoms with Gasteiger partial charge in [-0.3, -0.25) is 54.0 Å². The van der Waals surface area contributed by atoms with Gasteiger partial charge in [-0.1, -0.05) is 36.4 Å². The maximum Gasteiger partial charge on any atom is 0.266 e. The fraction of sp³-hybridized carbons (Fsp3) is 0.308. The molecule has 2 N–H and O–H groups in total. The molecule has 16 nitrogen and oxygen atoms in total. The number of ether oxygens (including phenoxy) is 1. The number of hydrogen-bond donors (Lipinski definition) is 2. The first-order valence-electron chi connectivity index (χ1n) is 18.2. The van der Waals surface area contributed by atoms with Gasteiger partial charge in [0.2, 0.25) is 11.8 Å². The van der Waals surface area contributed by atoms with Crippen LogP contribution in [0, 0.1) is 20.8 Å². The first-order valence-corrected chi connectivity index (χ1v) is 19.4. The smallest absolute Gasteiger partial charge is 0.266 e. The van der Waals surface area contributed by atoms with Crippen LogP contribution in [-0.2, 0) is 19.2 Å². The molecule has 57 heavy (non-hydrogen) atoms. The number of fused-ring (bicyclic) bond motifs is 4. The highest BCUT2D eigenvalue weighted by Crippen LogP contribution is 2.40. The number of hydrazine groups is 1. The van der Waals surface area contributed by atoms with Gasteiger partial charge in [-0.25, -0.2) is 5.01 Å². The maximum atomic E-state index is 13.8. The fourth-order valence-corrected chi connectivity index (χ4v) is 8.75. The van der Waals surface area contributed by atoms with Crippen LogP contribution in [0.15, 0.2) is 59.6 Å². The van der Waals surface area contributed by atoms with Crippen LogP contribution in [0.4, 0.5) is 0 Å². The Labute approximate surface area is 335 Å². The number of rotatable bonds is 8. The summed E-state index contributed by atoms with van der Waals surface area (Å²) in [5, 5.41) is 14.2. The molecular formula is C39H36ClN9O7S. The van der Waals surface area contributed by atoms with Gasteiger partial charge in [0.05, 0.1) is 16.8 Å². The molecule has 2 atom stereocenters. The molecule has 4 aliphatic rings. The first-order chi connectivity index (χ1) is 27.3. The Bertz CT molecular complexity index is 2450. The molecule has 1 unspecified atom stereocenters. The molecule has 18 heteroatoms. The van der Waals surface area contributed by atoms with Crippen molar-refractivity contribution in [2.24, 2.45) is 4.99 Å². The standard InChI is InChI=1S/C39H36ClN9O7S/c1-19-21(3)57-39-30(19)33(23-8-10-24(40)11-9-23)42-32(34-44-43-22(4)48(34)39)20(2)35(52)45-47-16-14-46(15-17-47)29(51)18-56-27-7-5-6-25-31(27)38(55)49(37(25)54)26-12-13-28(50)41-36(26)53/h5-11,26,32H,2,12-18H2,1,3-4H3,(H,45,52)(H,41,50,53)/t26?,32-/m0/s1. The lowest BCUT2D eigenvalue weighted by Crippen LogP contribution is -2.55. The summed E-state index contributed by atoms with van der Waals surface area (Å²) in [6.07, 6.45) is 0.0114. The lowest BCUT2D eigenvalue weighted by Gasteiger charge is -2.35. The van der Waals surface area contributed by atoms with Crippen molar-refractivity contribution in [1.29, 1.82) is 0 Å². The van der Waals surface area contributed by atoms with Gasteiger partial charge in [0, 0.05) is 59.2 Å². The number of carbonyl (C=O) groups excluding carboxylic acids is 6. The Hall–Kier alpha value is -6.04. The summed E-state index contributed by atoms with van der Waals surface area (Å²) in [7, 11) is 0. The van der Waals surface area contributed by atoms with E-state index < -0.39 is 48.2 Å². The number of halogens is 1. The van der Waals surface area contributed by atoms with Gasteiger partial charge in [-0.15, -0.1) is 21.5 Å². The highest BCUT2D eigenvalue weighted by molar-refractivity contribution is 7.15. The summed E-state index contributed by atoms with van der Waals surface area (Å²) in [5.41, 5.74) is 6.59. The van der Waals surface area contributed by atoms with E-state index in [4.69, 9.17) is 21.3 Å². The van der Waals surface area contributed by atoms with Crippen LogP contribution in [0.3, 0.4) is 0 Å². The van der Waals surface area contributed by atoms with Gasteiger partial charge < -0.3 is 9.64 Å². The molecule has 6 amide bonds. The van der Waals surface area contributed by atoms with E-state index in [1.54, 1.807) is 33.4 Å². The van der Waals surface area contributed by atoms with E-state index >= 15 is 0 Å². The molecule has 2 saturated heterocycles. The Morgan fingerprint density at radius 2 is 1.72 bits per heavy atom. The molecule has 0 aliphatic carbocycles. The summed E-state index contributed by atoms with van der Waals surface area (Å²) in [5.74, 6) is -2.27. The number of hydrogen-bond acceptors (Lipinski definition) is 12. The highest BCUT2D eigenvalue weighted by atomic mass is 35.5. The SMILES string of the molecule is C=C(C(=O)NN1CCN(C(=O)COc2cccc3c2C(=O)N(C2CCC(=O)NC2=O)C3=O)CC1)[C@@H]1N=C(c2ccc(Cl)cc2)c2c(sc(C)c2C)-n2c(C)nnc21. The fourth-order valence-electron chi connectivity index (χ4n) is 7.41. The van der Waals surface area contributed by atoms with Gasteiger partial charge in [0.15, 0.2) is 12.4 Å². The number of amides is 6. The zero-order chi connectivity index (χ0) is 40.3. The Balaban J connectivity index is 0.922. The lowest BCUT2D eigenvalue weighted by molar-refractivity contribution is -0.137. The monoisotopic (exact) mass is 809 g/mol. The van der Waals surface area contributed by atoms with E-state index in [2.05, 4.69) is 34.4 Å². The lowest BCUT2D eigenvalue weighted by atomic mass is 9.99.